The highest BCUT2D eigenvalue weighted by Gasteiger charge is 2.27. The van der Waals surface area contributed by atoms with E-state index in [9.17, 15) is 14.0 Å². The molecule has 0 radical (unpaired) electrons. The summed E-state index contributed by atoms with van der Waals surface area (Å²) in [6.07, 6.45) is 4.38. The lowest BCUT2D eigenvalue weighted by Crippen LogP contribution is -2.20. The fourth-order valence-corrected chi connectivity index (χ4v) is 6.11. The van der Waals surface area contributed by atoms with Crippen LogP contribution in [0.1, 0.15) is 40.0 Å². The molecule has 184 valence electrons. The molecule has 0 fully saturated rings. The molecule has 1 aliphatic carbocycles. The normalized spacial score (nSPS) is 14.9. The summed E-state index contributed by atoms with van der Waals surface area (Å²) >= 11 is 2.66. The lowest BCUT2D eigenvalue weighted by atomic mass is 9.88. The molecule has 2 aromatic heterocycles. The lowest BCUT2D eigenvalue weighted by Gasteiger charge is -2.18. The van der Waals surface area contributed by atoms with Crippen LogP contribution in [-0.2, 0) is 30.8 Å². The van der Waals surface area contributed by atoms with Gasteiger partial charge in [-0.05, 0) is 55.0 Å². The zero-order valence-electron chi connectivity index (χ0n) is 19.3. The van der Waals surface area contributed by atoms with Gasteiger partial charge in [0, 0.05) is 11.4 Å². The second-order valence-electron chi connectivity index (χ2n) is 8.30. The van der Waals surface area contributed by atoms with Gasteiger partial charge >= 0.3 is 0 Å². The number of benzene rings is 1. The van der Waals surface area contributed by atoms with Gasteiger partial charge in [-0.3, -0.25) is 14.2 Å². The summed E-state index contributed by atoms with van der Waals surface area (Å²) in [4.78, 5) is 26.0. The number of ether oxygens (including phenoxy) is 1. The molecule has 0 bridgehead atoms. The van der Waals surface area contributed by atoms with E-state index >= 15 is 0 Å². The number of aromatic nitrogens is 3. The first kappa shape index (κ1) is 24.9. The van der Waals surface area contributed by atoms with Gasteiger partial charge in [0.25, 0.3) is 5.91 Å². The van der Waals surface area contributed by atoms with Crippen LogP contribution in [0.2, 0.25) is 0 Å². The van der Waals surface area contributed by atoms with E-state index in [4.69, 9.17) is 10.5 Å². The Labute approximate surface area is 210 Å². The predicted octanol–water partition coefficient (Wildman–Crippen LogP) is 4.20. The van der Waals surface area contributed by atoms with Crippen LogP contribution in [0.25, 0.3) is 0 Å². The molecule has 1 aliphatic rings. The Hall–Kier alpha value is -3.18. The topological polar surface area (TPSA) is 112 Å². The van der Waals surface area contributed by atoms with Gasteiger partial charge in [0.05, 0.1) is 11.3 Å². The Morgan fingerprint density at radius 1 is 1.37 bits per heavy atom. The molecular weight excluding hydrogens is 489 g/mol. The van der Waals surface area contributed by atoms with E-state index in [0.717, 1.165) is 29.7 Å². The monoisotopic (exact) mass is 515 g/mol. The summed E-state index contributed by atoms with van der Waals surface area (Å²) < 4.78 is 20.6. The Morgan fingerprint density at radius 3 is 2.86 bits per heavy atom. The van der Waals surface area contributed by atoms with Crippen molar-refractivity contribution in [3.05, 3.63) is 64.6 Å². The largest absolute Gasteiger partial charge is 0.486 e. The number of allylic oxidation sites excluding steroid dienone is 1. The second kappa shape index (κ2) is 11.0. The first-order chi connectivity index (χ1) is 16.9. The van der Waals surface area contributed by atoms with Gasteiger partial charge < -0.3 is 15.8 Å². The van der Waals surface area contributed by atoms with Crippen molar-refractivity contribution in [2.75, 3.05) is 11.1 Å². The number of hydrogen-bond acceptors (Lipinski definition) is 7. The molecule has 35 heavy (non-hydrogen) atoms. The summed E-state index contributed by atoms with van der Waals surface area (Å²) in [6.45, 7) is 6.51. The van der Waals surface area contributed by atoms with Gasteiger partial charge in [0.1, 0.15) is 23.2 Å². The van der Waals surface area contributed by atoms with Crippen molar-refractivity contribution in [1.29, 1.82) is 0 Å². The second-order valence-corrected chi connectivity index (χ2v) is 10.3. The quantitative estimate of drug-likeness (QED) is 0.309. The molecule has 3 N–H and O–H groups in total. The number of fused-ring (bicyclic) bond motifs is 1. The summed E-state index contributed by atoms with van der Waals surface area (Å²) in [5.41, 5.74) is 7.05. The third-order valence-corrected chi connectivity index (χ3v) is 7.77. The molecule has 2 amide bonds. The Bertz CT molecular complexity index is 1240. The third kappa shape index (κ3) is 5.91. The number of nitrogens with two attached hydrogens (primary N) is 1. The summed E-state index contributed by atoms with van der Waals surface area (Å²) in [5, 5.41) is 12.3. The zero-order chi connectivity index (χ0) is 24.9. The zero-order valence-corrected chi connectivity index (χ0v) is 20.9. The van der Waals surface area contributed by atoms with E-state index in [0.29, 0.717) is 39.8 Å². The molecule has 2 heterocycles. The van der Waals surface area contributed by atoms with Gasteiger partial charge in [-0.2, -0.15) is 0 Å². The number of thioether (sulfide) groups is 1. The number of nitrogens with zero attached hydrogens (tertiary/aromatic N) is 3. The van der Waals surface area contributed by atoms with E-state index in [1.165, 1.54) is 47.4 Å². The minimum Gasteiger partial charge on any atom is -0.486 e. The summed E-state index contributed by atoms with van der Waals surface area (Å²) in [6, 6.07) is 5.70. The average Bonchev–Trinajstić information content (AvgIpc) is 3.37. The first-order valence-corrected chi connectivity index (χ1v) is 12.9. The van der Waals surface area contributed by atoms with E-state index in [1.807, 2.05) is 0 Å². The first-order valence-electron chi connectivity index (χ1n) is 11.1. The fraction of sp³-hybridized carbons (Fsp3) is 0.333. The number of anilines is 1. The van der Waals surface area contributed by atoms with Crippen LogP contribution in [0.4, 0.5) is 9.39 Å². The number of halogens is 1. The van der Waals surface area contributed by atoms with Crippen LogP contribution in [0.15, 0.2) is 42.1 Å². The van der Waals surface area contributed by atoms with Crippen molar-refractivity contribution < 1.29 is 18.7 Å². The molecule has 0 saturated heterocycles. The van der Waals surface area contributed by atoms with Gasteiger partial charge in [0.15, 0.2) is 11.0 Å². The van der Waals surface area contributed by atoms with Crippen LogP contribution in [-0.4, -0.2) is 32.3 Å². The van der Waals surface area contributed by atoms with Crippen LogP contribution in [0.3, 0.4) is 0 Å². The molecule has 0 aliphatic heterocycles. The van der Waals surface area contributed by atoms with E-state index in [1.54, 1.807) is 10.6 Å². The van der Waals surface area contributed by atoms with Gasteiger partial charge in [0.2, 0.25) is 5.91 Å². The molecule has 1 unspecified atom stereocenters. The highest BCUT2D eigenvalue weighted by atomic mass is 32.2. The number of thiophene rings is 1. The van der Waals surface area contributed by atoms with Gasteiger partial charge in [-0.1, -0.05) is 24.8 Å². The standard InChI is InChI=1S/C24H26FN5O3S2/c1-3-10-30-19(12-33-16-7-5-15(25)6-8-16)28-29-24(30)34-13-20(31)27-23-21(22(26)32)17-9-4-14(2)11-18(17)35-23/h3,5-8,14H,1,4,9-13H2,2H3,(H2,26,32)(H,27,31). The van der Waals surface area contributed by atoms with Crippen molar-refractivity contribution >= 4 is 39.9 Å². The Morgan fingerprint density at radius 2 is 2.14 bits per heavy atom. The molecule has 8 nitrogen and oxygen atoms in total. The molecule has 4 rings (SSSR count). The molecule has 0 saturated carbocycles. The average molecular weight is 516 g/mol. The molecule has 3 aromatic rings. The maximum atomic E-state index is 13.1. The number of primary amides is 1. The molecule has 0 spiro atoms. The SMILES string of the molecule is C=CCn1c(COc2ccc(F)cc2)nnc1SCC(=O)Nc1sc2c(c1C(N)=O)CCC(C)C2. The molecule has 11 heteroatoms. The maximum absolute atomic E-state index is 13.1. The van der Waals surface area contributed by atoms with E-state index in [2.05, 4.69) is 29.0 Å². The van der Waals surface area contributed by atoms with Crippen LogP contribution < -0.4 is 15.8 Å². The third-order valence-electron chi connectivity index (χ3n) is 5.63. The fourth-order valence-electron chi connectivity index (χ4n) is 3.92. The number of carbonyl (C=O) groups excluding carboxylic acids is 2. The maximum Gasteiger partial charge on any atom is 0.251 e. The smallest absolute Gasteiger partial charge is 0.251 e. The molecule has 1 aromatic carbocycles. The number of rotatable bonds is 10. The summed E-state index contributed by atoms with van der Waals surface area (Å²) in [7, 11) is 0. The van der Waals surface area contributed by atoms with Crippen molar-refractivity contribution in [3.63, 3.8) is 0 Å². The van der Waals surface area contributed by atoms with Crippen LogP contribution in [0.5, 0.6) is 5.75 Å². The number of nitrogens with one attached hydrogen (secondary N) is 1. The predicted molar refractivity (Wildman–Crippen MR) is 134 cm³/mol. The summed E-state index contributed by atoms with van der Waals surface area (Å²) in [5.74, 6) is 0.547. The minimum absolute atomic E-state index is 0.0747. The number of amides is 2. The van der Waals surface area contributed by atoms with Crippen molar-refractivity contribution in [2.45, 2.75) is 44.5 Å². The van der Waals surface area contributed by atoms with Crippen molar-refractivity contribution in [2.24, 2.45) is 11.7 Å². The molecular formula is C24H26FN5O3S2. The minimum atomic E-state index is -0.517. The van der Waals surface area contributed by atoms with Crippen molar-refractivity contribution in [1.82, 2.24) is 14.8 Å². The number of carbonyl (C=O) groups is 2. The van der Waals surface area contributed by atoms with Gasteiger partial charge in [-0.25, -0.2) is 4.39 Å². The molecule has 1 atom stereocenters. The Kier molecular flexibility index (Phi) is 7.86. The number of hydrogen-bond donors (Lipinski definition) is 2. The van der Waals surface area contributed by atoms with Crippen LogP contribution >= 0.6 is 23.1 Å². The van der Waals surface area contributed by atoms with E-state index < -0.39 is 5.91 Å². The van der Waals surface area contributed by atoms with Gasteiger partial charge in [-0.15, -0.1) is 28.1 Å². The van der Waals surface area contributed by atoms with Crippen molar-refractivity contribution in [3.8, 4) is 5.75 Å². The highest BCUT2D eigenvalue weighted by Crippen LogP contribution is 2.39. The Balaban J connectivity index is 1.41. The lowest BCUT2D eigenvalue weighted by molar-refractivity contribution is -0.113. The highest BCUT2D eigenvalue weighted by molar-refractivity contribution is 7.99. The van der Waals surface area contributed by atoms with E-state index in [-0.39, 0.29) is 24.1 Å². The van der Waals surface area contributed by atoms with Crippen LogP contribution in [0, 0.1) is 11.7 Å².